The fraction of sp³-hybridized carbons (Fsp3) is 0.467. The number of carbonyl (C=O) groups excluding carboxylic acids is 1. The minimum Gasteiger partial charge on any atom is -0.497 e. The van der Waals surface area contributed by atoms with Gasteiger partial charge in [-0.25, -0.2) is 0 Å². The third-order valence-electron chi connectivity index (χ3n) is 7.23. The van der Waals surface area contributed by atoms with Gasteiger partial charge in [0.1, 0.15) is 27.5 Å². The van der Waals surface area contributed by atoms with Gasteiger partial charge in [0, 0.05) is 31.7 Å². The highest BCUT2D eigenvalue weighted by Gasteiger charge is 2.34. The molecule has 2 aliphatic rings. The lowest BCUT2D eigenvalue weighted by atomic mass is 10.0. The van der Waals surface area contributed by atoms with E-state index in [2.05, 4.69) is 17.9 Å². The molecule has 0 spiro atoms. The van der Waals surface area contributed by atoms with E-state index in [1.54, 1.807) is 23.5 Å². The average Bonchev–Trinajstić information content (AvgIpc) is 3.19. The number of carbonyl (C=O) groups is 1. The van der Waals surface area contributed by atoms with Crippen LogP contribution in [0.4, 0.5) is 5.82 Å². The maximum Gasteiger partial charge on any atom is 0.270 e. The molecule has 1 aromatic carbocycles. The molecule has 40 heavy (non-hydrogen) atoms. The fourth-order valence-electron chi connectivity index (χ4n) is 5.22. The number of hydrogen-bond donors (Lipinski definition) is 0. The Kier molecular flexibility index (Phi) is 9.72. The van der Waals surface area contributed by atoms with Crippen LogP contribution in [0.1, 0.15) is 55.9 Å². The van der Waals surface area contributed by atoms with Gasteiger partial charge in [0.05, 0.1) is 24.2 Å². The number of pyridine rings is 1. The summed E-state index contributed by atoms with van der Waals surface area (Å²) in [7, 11) is 1.63. The first-order valence-corrected chi connectivity index (χ1v) is 14.9. The van der Waals surface area contributed by atoms with Crippen LogP contribution in [0.15, 0.2) is 34.0 Å². The Hall–Kier alpha value is -3.13. The Morgan fingerprint density at radius 1 is 1.18 bits per heavy atom. The van der Waals surface area contributed by atoms with Crippen molar-refractivity contribution in [1.29, 1.82) is 5.26 Å². The number of methoxy groups -OCH3 is 1. The molecule has 2 atom stereocenters. The number of nitriles is 1. The van der Waals surface area contributed by atoms with Crippen LogP contribution in [0.5, 0.6) is 5.75 Å². The normalized spacial score (nSPS) is 20.4. The van der Waals surface area contributed by atoms with Crippen molar-refractivity contribution in [2.75, 3.05) is 31.6 Å². The molecule has 2 aromatic rings. The van der Waals surface area contributed by atoms with Crippen LogP contribution in [0.25, 0.3) is 6.08 Å². The molecule has 0 radical (unpaired) electrons. The van der Waals surface area contributed by atoms with Crippen molar-refractivity contribution in [3.05, 3.63) is 61.8 Å². The number of thioether (sulfide) groups is 1. The molecule has 4 rings (SSSR count). The van der Waals surface area contributed by atoms with E-state index in [-0.39, 0.29) is 29.2 Å². The van der Waals surface area contributed by atoms with Crippen molar-refractivity contribution in [2.24, 2.45) is 0 Å². The van der Waals surface area contributed by atoms with Gasteiger partial charge >= 0.3 is 0 Å². The van der Waals surface area contributed by atoms with Gasteiger partial charge in [0.25, 0.3) is 11.5 Å². The Morgan fingerprint density at radius 3 is 2.45 bits per heavy atom. The number of unbranched alkanes of at least 4 members (excludes halogenated alkanes) is 1. The number of ether oxygens (including phenoxy) is 2. The Balaban J connectivity index is 1.74. The molecule has 2 unspecified atom stereocenters. The van der Waals surface area contributed by atoms with Crippen molar-refractivity contribution >= 4 is 46.1 Å². The predicted octanol–water partition coefficient (Wildman–Crippen LogP) is 4.89. The highest BCUT2D eigenvalue weighted by atomic mass is 32.2. The van der Waals surface area contributed by atoms with Crippen LogP contribution in [0.2, 0.25) is 0 Å². The zero-order valence-corrected chi connectivity index (χ0v) is 25.4. The number of morpholine rings is 1. The highest BCUT2D eigenvalue weighted by Crippen LogP contribution is 2.36. The van der Waals surface area contributed by atoms with E-state index in [4.69, 9.17) is 21.7 Å². The molecule has 0 saturated carbocycles. The van der Waals surface area contributed by atoms with E-state index in [0.29, 0.717) is 53.0 Å². The first-order valence-electron chi connectivity index (χ1n) is 13.6. The molecule has 0 aliphatic carbocycles. The molecule has 0 N–H and O–H groups in total. The number of amides is 1. The summed E-state index contributed by atoms with van der Waals surface area (Å²) in [5, 5.41) is 9.94. The molecule has 2 saturated heterocycles. The molecule has 212 valence electrons. The zero-order valence-electron chi connectivity index (χ0n) is 23.7. The van der Waals surface area contributed by atoms with Crippen molar-refractivity contribution in [3.8, 4) is 11.8 Å². The zero-order chi connectivity index (χ0) is 29.0. The lowest BCUT2D eigenvalue weighted by molar-refractivity contribution is -0.122. The standard InChI is InChI=1S/C30H36N4O4S2/c1-6-7-13-33-27(32-17-19(2)38-20(3)18-32)24(21(4)25(16-31)28(33)35)15-26-29(36)34(30(39)40-26)14-12-22-8-10-23(37-5)11-9-22/h8-11,15,19-20H,6-7,12-14,17-18H2,1-5H3. The van der Waals surface area contributed by atoms with Crippen LogP contribution < -0.4 is 15.2 Å². The van der Waals surface area contributed by atoms with E-state index >= 15 is 0 Å². The Morgan fingerprint density at radius 2 is 1.85 bits per heavy atom. The minimum absolute atomic E-state index is 0.0292. The molecule has 1 aromatic heterocycles. The van der Waals surface area contributed by atoms with Crippen molar-refractivity contribution in [1.82, 2.24) is 9.47 Å². The van der Waals surface area contributed by atoms with Crippen molar-refractivity contribution < 1.29 is 14.3 Å². The monoisotopic (exact) mass is 580 g/mol. The van der Waals surface area contributed by atoms with Crippen LogP contribution in [-0.4, -0.2) is 58.6 Å². The summed E-state index contributed by atoms with van der Waals surface area (Å²) in [6.45, 7) is 10.0. The molecule has 3 heterocycles. The third kappa shape index (κ3) is 6.27. The van der Waals surface area contributed by atoms with Crippen LogP contribution in [0.3, 0.4) is 0 Å². The number of benzene rings is 1. The lowest BCUT2D eigenvalue weighted by Gasteiger charge is -2.39. The quantitative estimate of drug-likeness (QED) is 0.306. The van der Waals surface area contributed by atoms with Gasteiger partial charge < -0.3 is 14.4 Å². The molecular formula is C30H36N4O4S2. The second-order valence-corrected chi connectivity index (χ2v) is 11.9. The number of rotatable bonds is 9. The van der Waals surface area contributed by atoms with Crippen LogP contribution in [0, 0.1) is 18.3 Å². The van der Waals surface area contributed by atoms with E-state index in [1.807, 2.05) is 44.2 Å². The minimum atomic E-state index is -0.292. The summed E-state index contributed by atoms with van der Waals surface area (Å²) in [5.74, 6) is 1.35. The second-order valence-electron chi connectivity index (χ2n) is 10.3. The number of hydrogen-bond acceptors (Lipinski definition) is 8. The summed E-state index contributed by atoms with van der Waals surface area (Å²) < 4.78 is 13.4. The average molecular weight is 581 g/mol. The number of anilines is 1. The van der Waals surface area contributed by atoms with Crippen LogP contribution in [-0.2, 0) is 22.5 Å². The van der Waals surface area contributed by atoms with Crippen molar-refractivity contribution in [3.63, 3.8) is 0 Å². The maximum atomic E-state index is 13.6. The summed E-state index contributed by atoms with van der Waals surface area (Å²) in [5.41, 5.74) is 2.18. The molecule has 1 amide bonds. The van der Waals surface area contributed by atoms with Gasteiger partial charge in [0.15, 0.2) is 0 Å². The van der Waals surface area contributed by atoms with Gasteiger partial charge in [-0.3, -0.25) is 19.1 Å². The number of thiocarbonyl (C=S) groups is 1. The number of nitrogens with zero attached hydrogens (tertiary/aromatic N) is 4. The molecular weight excluding hydrogens is 544 g/mol. The molecule has 8 nitrogen and oxygen atoms in total. The van der Waals surface area contributed by atoms with E-state index in [9.17, 15) is 14.9 Å². The summed E-state index contributed by atoms with van der Waals surface area (Å²) in [4.78, 5) is 31.4. The topological polar surface area (TPSA) is 87.8 Å². The second kappa shape index (κ2) is 13.0. The van der Waals surface area contributed by atoms with Gasteiger partial charge in [0.2, 0.25) is 0 Å². The first-order chi connectivity index (χ1) is 19.2. The Labute approximate surface area is 245 Å². The summed E-state index contributed by atoms with van der Waals surface area (Å²) in [6.07, 6.45) is 4.11. The van der Waals surface area contributed by atoms with E-state index in [1.165, 1.54) is 11.8 Å². The lowest BCUT2D eigenvalue weighted by Crippen LogP contribution is -2.48. The van der Waals surface area contributed by atoms with Gasteiger partial charge in [-0.1, -0.05) is 49.5 Å². The first kappa shape index (κ1) is 29.8. The maximum absolute atomic E-state index is 13.6. The molecule has 2 aliphatic heterocycles. The number of aromatic nitrogens is 1. The smallest absolute Gasteiger partial charge is 0.270 e. The van der Waals surface area contributed by atoms with E-state index < -0.39 is 0 Å². The molecule has 2 fully saturated rings. The fourth-order valence-corrected chi connectivity index (χ4v) is 6.51. The SMILES string of the molecule is CCCCn1c(N2CC(C)OC(C)C2)c(C=C2SC(=S)N(CCc3ccc(OC)cc3)C2=O)c(C)c(C#N)c1=O. The largest absolute Gasteiger partial charge is 0.497 e. The van der Waals surface area contributed by atoms with Gasteiger partial charge in [-0.2, -0.15) is 5.26 Å². The highest BCUT2D eigenvalue weighted by molar-refractivity contribution is 8.26. The summed E-state index contributed by atoms with van der Waals surface area (Å²) in [6, 6.07) is 9.89. The molecule has 0 bridgehead atoms. The van der Waals surface area contributed by atoms with Gasteiger partial charge in [-0.05, 0) is 62.9 Å². The predicted molar refractivity (Wildman–Crippen MR) is 164 cm³/mol. The van der Waals surface area contributed by atoms with E-state index in [0.717, 1.165) is 30.0 Å². The third-order valence-corrected chi connectivity index (χ3v) is 8.61. The van der Waals surface area contributed by atoms with Crippen molar-refractivity contribution in [2.45, 2.75) is 65.7 Å². The molecule has 10 heteroatoms. The van der Waals surface area contributed by atoms with Crippen LogP contribution >= 0.6 is 24.0 Å². The van der Waals surface area contributed by atoms with Gasteiger partial charge in [-0.15, -0.1) is 0 Å². The summed E-state index contributed by atoms with van der Waals surface area (Å²) >= 11 is 6.87. The Bertz CT molecular complexity index is 1400.